The molecule has 1 unspecified atom stereocenters. The summed E-state index contributed by atoms with van der Waals surface area (Å²) >= 11 is 0. The lowest BCUT2D eigenvalue weighted by Gasteiger charge is -2.22. The normalized spacial score (nSPS) is 16.5. The van der Waals surface area contributed by atoms with Crippen molar-refractivity contribution in [1.29, 1.82) is 0 Å². The lowest BCUT2D eigenvalue weighted by atomic mass is 10.0. The number of nitrogens with zero attached hydrogens (tertiary/aromatic N) is 2. The van der Waals surface area contributed by atoms with Crippen molar-refractivity contribution in [2.75, 3.05) is 6.54 Å². The van der Waals surface area contributed by atoms with E-state index in [4.69, 9.17) is 4.42 Å². The summed E-state index contributed by atoms with van der Waals surface area (Å²) in [6.07, 6.45) is 2.50. The highest BCUT2D eigenvalue weighted by Gasteiger charge is 2.42. The molecule has 1 atom stereocenters. The van der Waals surface area contributed by atoms with Crippen molar-refractivity contribution in [3.05, 3.63) is 75.4 Å². The van der Waals surface area contributed by atoms with Gasteiger partial charge in [0.25, 0.3) is 5.91 Å². The summed E-state index contributed by atoms with van der Waals surface area (Å²) in [7, 11) is 0. The Labute approximate surface area is 144 Å². The molecule has 126 valence electrons. The summed E-state index contributed by atoms with van der Waals surface area (Å²) in [6.45, 7) is 4.40. The summed E-state index contributed by atoms with van der Waals surface area (Å²) in [5.41, 5.74) is 2.44. The van der Waals surface area contributed by atoms with Crippen molar-refractivity contribution in [2.45, 2.75) is 26.3 Å². The summed E-state index contributed by atoms with van der Waals surface area (Å²) in [6, 6.07) is 10.6. The van der Waals surface area contributed by atoms with E-state index in [1.54, 1.807) is 17.2 Å². The zero-order chi connectivity index (χ0) is 17.6. The number of aromatic nitrogens is 1. The van der Waals surface area contributed by atoms with Crippen molar-refractivity contribution in [3.8, 4) is 0 Å². The van der Waals surface area contributed by atoms with Crippen LogP contribution in [0.2, 0.25) is 0 Å². The maximum atomic E-state index is 13.2. The van der Waals surface area contributed by atoms with Crippen molar-refractivity contribution in [3.63, 3.8) is 0 Å². The molecule has 1 aliphatic heterocycles. The molecule has 1 amide bonds. The van der Waals surface area contributed by atoms with Gasteiger partial charge in [0.05, 0.1) is 16.6 Å². The third-order valence-corrected chi connectivity index (χ3v) is 4.75. The first kappa shape index (κ1) is 15.6. The fraction of sp³-hybridized carbons (Fsp3) is 0.250. The smallest absolute Gasteiger partial charge is 0.290 e. The largest absolute Gasteiger partial charge is 0.450 e. The molecule has 0 fully saturated rings. The third-order valence-electron chi connectivity index (χ3n) is 4.75. The monoisotopic (exact) mass is 334 g/mol. The number of carbonyl (C=O) groups is 1. The van der Waals surface area contributed by atoms with Gasteiger partial charge in [-0.3, -0.25) is 14.6 Å². The van der Waals surface area contributed by atoms with Crippen LogP contribution in [0.3, 0.4) is 0 Å². The van der Waals surface area contributed by atoms with E-state index in [0.717, 1.165) is 12.0 Å². The Balaban J connectivity index is 2.03. The molecule has 3 aromatic rings. The molecule has 0 spiro atoms. The zero-order valence-electron chi connectivity index (χ0n) is 14.2. The van der Waals surface area contributed by atoms with Crippen LogP contribution in [0.4, 0.5) is 0 Å². The molecule has 0 saturated carbocycles. The lowest BCUT2D eigenvalue weighted by molar-refractivity contribution is 0.0735. The molecule has 1 aliphatic rings. The van der Waals surface area contributed by atoms with E-state index in [-0.39, 0.29) is 17.1 Å². The van der Waals surface area contributed by atoms with Crippen LogP contribution in [0, 0.1) is 0 Å². The van der Waals surface area contributed by atoms with Crippen molar-refractivity contribution < 1.29 is 9.21 Å². The van der Waals surface area contributed by atoms with E-state index in [9.17, 15) is 9.59 Å². The quantitative estimate of drug-likeness (QED) is 0.737. The molecule has 25 heavy (non-hydrogen) atoms. The number of fused-ring (bicyclic) bond motifs is 2. The molecular formula is C20H18N2O3. The maximum Gasteiger partial charge on any atom is 0.290 e. The Morgan fingerprint density at radius 2 is 2.00 bits per heavy atom. The van der Waals surface area contributed by atoms with Gasteiger partial charge in [-0.1, -0.05) is 19.1 Å². The first-order chi connectivity index (χ1) is 12.2. The number of amides is 1. The van der Waals surface area contributed by atoms with Crippen LogP contribution in [-0.4, -0.2) is 22.3 Å². The molecule has 5 nitrogen and oxygen atoms in total. The van der Waals surface area contributed by atoms with E-state index in [1.165, 1.54) is 0 Å². The standard InChI is InChI=1S/C20H18N2O3/c1-3-12-8-9-15-13(11-12)18(23)16-17(14-7-5-6-10-21-14)22(4-2)20(24)19(16)25-15/h5-11,17H,3-4H2,1-2H3. The number of rotatable bonds is 3. The van der Waals surface area contributed by atoms with Gasteiger partial charge in [0, 0.05) is 12.7 Å². The van der Waals surface area contributed by atoms with Gasteiger partial charge >= 0.3 is 0 Å². The lowest BCUT2D eigenvalue weighted by Crippen LogP contribution is -2.29. The van der Waals surface area contributed by atoms with Gasteiger partial charge in [-0.2, -0.15) is 0 Å². The minimum atomic E-state index is -0.500. The van der Waals surface area contributed by atoms with Gasteiger partial charge in [0.15, 0.2) is 5.43 Å². The second kappa shape index (κ2) is 5.84. The highest BCUT2D eigenvalue weighted by atomic mass is 16.3. The predicted octanol–water partition coefficient (Wildman–Crippen LogP) is 3.32. The highest BCUT2D eigenvalue weighted by molar-refractivity contribution is 5.99. The molecule has 0 aliphatic carbocycles. The Morgan fingerprint density at radius 3 is 2.68 bits per heavy atom. The SMILES string of the molecule is CCc1ccc2oc3c(c(=O)c2c1)C(c1ccccn1)N(CC)C3=O. The maximum absolute atomic E-state index is 13.2. The van der Waals surface area contributed by atoms with Crippen LogP contribution in [-0.2, 0) is 6.42 Å². The van der Waals surface area contributed by atoms with Gasteiger partial charge in [-0.05, 0) is 43.2 Å². The van der Waals surface area contributed by atoms with E-state index in [2.05, 4.69) is 4.98 Å². The van der Waals surface area contributed by atoms with Gasteiger partial charge in [-0.15, -0.1) is 0 Å². The number of pyridine rings is 1. The van der Waals surface area contributed by atoms with E-state index in [0.29, 0.717) is 28.8 Å². The fourth-order valence-electron chi connectivity index (χ4n) is 3.46. The van der Waals surface area contributed by atoms with E-state index < -0.39 is 6.04 Å². The summed E-state index contributed by atoms with van der Waals surface area (Å²) in [5, 5.41) is 0.518. The minimum Gasteiger partial charge on any atom is -0.450 e. The molecule has 3 heterocycles. The van der Waals surface area contributed by atoms with Crippen LogP contribution in [0.15, 0.2) is 51.8 Å². The Bertz CT molecular complexity index is 1020. The molecule has 0 saturated heterocycles. The van der Waals surface area contributed by atoms with Crippen molar-refractivity contribution in [1.82, 2.24) is 9.88 Å². The van der Waals surface area contributed by atoms with Crippen molar-refractivity contribution in [2.24, 2.45) is 0 Å². The van der Waals surface area contributed by atoms with Crippen LogP contribution in [0.1, 0.15) is 47.3 Å². The number of aryl methyl sites for hydroxylation is 1. The molecule has 5 heteroatoms. The Hall–Kier alpha value is -2.95. The molecule has 0 bridgehead atoms. The van der Waals surface area contributed by atoms with Gasteiger partial charge in [0.1, 0.15) is 11.6 Å². The van der Waals surface area contributed by atoms with E-state index in [1.807, 2.05) is 44.2 Å². The Morgan fingerprint density at radius 1 is 1.16 bits per heavy atom. The molecular weight excluding hydrogens is 316 g/mol. The highest BCUT2D eigenvalue weighted by Crippen LogP contribution is 2.36. The third kappa shape index (κ3) is 2.27. The van der Waals surface area contributed by atoms with Crippen LogP contribution in [0.5, 0.6) is 0 Å². The number of benzene rings is 1. The summed E-state index contributed by atoms with van der Waals surface area (Å²) < 4.78 is 5.86. The topological polar surface area (TPSA) is 63.4 Å². The second-order valence-electron chi connectivity index (χ2n) is 6.11. The average molecular weight is 334 g/mol. The summed E-state index contributed by atoms with van der Waals surface area (Å²) in [4.78, 5) is 32.0. The van der Waals surface area contributed by atoms with Gasteiger partial charge in [0.2, 0.25) is 5.76 Å². The second-order valence-corrected chi connectivity index (χ2v) is 6.11. The van der Waals surface area contributed by atoms with Crippen LogP contribution >= 0.6 is 0 Å². The Kier molecular flexibility index (Phi) is 3.64. The number of hydrogen-bond donors (Lipinski definition) is 0. The van der Waals surface area contributed by atoms with Gasteiger partial charge in [-0.25, -0.2) is 0 Å². The van der Waals surface area contributed by atoms with Crippen LogP contribution < -0.4 is 5.43 Å². The molecule has 2 aromatic heterocycles. The van der Waals surface area contributed by atoms with Crippen molar-refractivity contribution >= 4 is 16.9 Å². The molecule has 1 aromatic carbocycles. The molecule has 0 N–H and O–H groups in total. The molecule has 0 radical (unpaired) electrons. The minimum absolute atomic E-state index is 0.138. The van der Waals surface area contributed by atoms with E-state index >= 15 is 0 Å². The average Bonchev–Trinajstić information content (AvgIpc) is 2.94. The molecule has 4 rings (SSSR count). The first-order valence-corrected chi connectivity index (χ1v) is 8.47. The number of hydrogen-bond acceptors (Lipinski definition) is 4. The van der Waals surface area contributed by atoms with Gasteiger partial charge < -0.3 is 9.32 Å². The number of carbonyl (C=O) groups excluding carboxylic acids is 1. The summed E-state index contributed by atoms with van der Waals surface area (Å²) in [5.74, 6) is -0.119. The van der Waals surface area contributed by atoms with Crippen LogP contribution in [0.25, 0.3) is 11.0 Å². The fourth-order valence-corrected chi connectivity index (χ4v) is 3.46. The predicted molar refractivity (Wildman–Crippen MR) is 94.7 cm³/mol. The zero-order valence-corrected chi connectivity index (χ0v) is 14.2. The first-order valence-electron chi connectivity index (χ1n) is 8.47.